The smallest absolute Gasteiger partial charge is 0.412 e. The fourth-order valence-electron chi connectivity index (χ4n) is 3.22. The van der Waals surface area contributed by atoms with Gasteiger partial charge in [-0.05, 0) is 35.9 Å². The van der Waals surface area contributed by atoms with Crippen molar-refractivity contribution in [3.8, 4) is 0 Å². The second-order valence-corrected chi connectivity index (χ2v) is 8.66. The van der Waals surface area contributed by atoms with Crippen molar-refractivity contribution in [1.82, 2.24) is 5.32 Å². The van der Waals surface area contributed by atoms with Crippen LogP contribution >= 0.6 is 11.8 Å². The minimum Gasteiger partial charge on any atom is -0.445 e. The summed E-state index contributed by atoms with van der Waals surface area (Å²) >= 11 is 1.16. The largest absolute Gasteiger partial charge is 0.445 e. The van der Waals surface area contributed by atoms with Gasteiger partial charge in [-0.3, -0.25) is 10.1 Å². The molecule has 1 aromatic carbocycles. The van der Waals surface area contributed by atoms with E-state index in [4.69, 9.17) is 25.5 Å². The van der Waals surface area contributed by atoms with E-state index in [9.17, 15) is 23.9 Å². The van der Waals surface area contributed by atoms with Gasteiger partial charge in [0, 0.05) is 17.0 Å². The number of benzene rings is 1. The zero-order valence-electron chi connectivity index (χ0n) is 19.1. The Hall–Kier alpha value is -3.52. The fourth-order valence-corrected chi connectivity index (χ4v) is 4.41. The number of nitrogens with two attached hydrogens (primary N) is 1. The molecule has 2 rings (SSSR count). The average Bonchev–Trinajstić information content (AvgIpc) is 2.82. The summed E-state index contributed by atoms with van der Waals surface area (Å²) in [5.74, 6) is -0.722. The average molecular weight is 527 g/mol. The molecule has 13 nitrogen and oxygen atoms in total. The Morgan fingerprint density at radius 3 is 2.83 bits per heavy atom. The standard InChI is InChI=1S/C21H27FN6O7S/c1-2-8-33-20(31)27-16-18(35-21(32)26-13-6-3-5-12(22)10-13)17(30)14(11-25-28-24)34-19(16)36-9-4-7-15(23)29/h2-3,5-6,10,14,16-19,30H,1,4,7-9,11H2,(H2,23,29)(H,26,32)(H,27,31)/t14-,16-,17+,18-,19-/m1/s1. The molecule has 1 aliphatic rings. The summed E-state index contributed by atoms with van der Waals surface area (Å²) in [6, 6.07) is 3.92. The monoisotopic (exact) mass is 526 g/mol. The first-order valence-electron chi connectivity index (χ1n) is 10.8. The first-order valence-corrected chi connectivity index (χ1v) is 11.8. The predicted molar refractivity (Wildman–Crippen MR) is 128 cm³/mol. The highest BCUT2D eigenvalue weighted by Gasteiger charge is 2.48. The van der Waals surface area contributed by atoms with Gasteiger partial charge in [-0.1, -0.05) is 23.8 Å². The summed E-state index contributed by atoms with van der Waals surface area (Å²) in [6.07, 6.45) is -4.11. The minimum absolute atomic E-state index is 0.0967. The third kappa shape index (κ3) is 9.26. The Bertz CT molecular complexity index is 980. The molecular weight excluding hydrogens is 499 g/mol. The molecule has 0 aliphatic carbocycles. The molecule has 0 saturated carbocycles. The van der Waals surface area contributed by atoms with Crippen molar-refractivity contribution in [3.63, 3.8) is 0 Å². The number of hydrogen-bond acceptors (Lipinski definition) is 9. The van der Waals surface area contributed by atoms with Crippen molar-refractivity contribution in [1.29, 1.82) is 0 Å². The van der Waals surface area contributed by atoms with E-state index in [1.165, 1.54) is 24.3 Å². The van der Waals surface area contributed by atoms with Crippen molar-refractivity contribution in [2.24, 2.45) is 10.8 Å². The first kappa shape index (κ1) is 28.7. The lowest BCUT2D eigenvalue weighted by Crippen LogP contribution is -2.64. The second-order valence-electron chi connectivity index (χ2n) is 7.45. The van der Waals surface area contributed by atoms with E-state index < -0.39 is 53.7 Å². The van der Waals surface area contributed by atoms with Crippen LogP contribution in [0.25, 0.3) is 10.4 Å². The van der Waals surface area contributed by atoms with Crippen LogP contribution < -0.4 is 16.4 Å². The van der Waals surface area contributed by atoms with Gasteiger partial charge in [0.2, 0.25) is 5.91 Å². The molecule has 15 heteroatoms. The van der Waals surface area contributed by atoms with Crippen molar-refractivity contribution in [2.75, 3.05) is 24.2 Å². The number of azide groups is 1. The number of halogens is 1. The van der Waals surface area contributed by atoms with Crippen LogP contribution in [-0.2, 0) is 19.0 Å². The van der Waals surface area contributed by atoms with Crippen LogP contribution in [-0.4, -0.2) is 71.9 Å². The fraction of sp³-hybridized carbons (Fsp3) is 0.476. The number of amides is 3. The van der Waals surface area contributed by atoms with E-state index in [2.05, 4.69) is 27.2 Å². The van der Waals surface area contributed by atoms with E-state index in [0.717, 1.165) is 17.8 Å². The molecule has 0 aromatic heterocycles. The third-order valence-corrected chi connectivity index (χ3v) is 6.04. The highest BCUT2D eigenvalue weighted by atomic mass is 32.2. The van der Waals surface area contributed by atoms with E-state index in [0.29, 0.717) is 12.2 Å². The van der Waals surface area contributed by atoms with Gasteiger partial charge in [0.15, 0.2) is 6.10 Å². The van der Waals surface area contributed by atoms with E-state index in [-0.39, 0.29) is 25.3 Å². The Morgan fingerprint density at radius 1 is 1.39 bits per heavy atom. The molecule has 5 N–H and O–H groups in total. The van der Waals surface area contributed by atoms with E-state index in [1.54, 1.807) is 0 Å². The number of thioether (sulfide) groups is 1. The van der Waals surface area contributed by atoms with Crippen LogP contribution in [0.2, 0.25) is 0 Å². The predicted octanol–water partition coefficient (Wildman–Crippen LogP) is 2.42. The Kier molecular flexibility index (Phi) is 11.8. The topological polar surface area (TPSA) is 198 Å². The number of alkyl carbamates (subject to hydrolysis) is 1. The Balaban J connectivity index is 2.26. The highest BCUT2D eigenvalue weighted by molar-refractivity contribution is 7.99. The number of aliphatic hydroxyl groups excluding tert-OH is 1. The summed E-state index contributed by atoms with van der Waals surface area (Å²) in [6.45, 7) is 3.05. The lowest BCUT2D eigenvalue weighted by Gasteiger charge is -2.43. The van der Waals surface area contributed by atoms with Gasteiger partial charge < -0.3 is 30.4 Å². The molecule has 1 aromatic rings. The van der Waals surface area contributed by atoms with Crippen LogP contribution in [0.1, 0.15) is 12.8 Å². The molecular formula is C21H27FN6O7S. The van der Waals surface area contributed by atoms with Gasteiger partial charge in [0.1, 0.15) is 30.0 Å². The number of aliphatic hydroxyl groups is 1. The van der Waals surface area contributed by atoms with Gasteiger partial charge in [0.25, 0.3) is 0 Å². The maximum absolute atomic E-state index is 13.5. The highest BCUT2D eigenvalue weighted by Crippen LogP contribution is 2.31. The number of rotatable bonds is 12. The van der Waals surface area contributed by atoms with Gasteiger partial charge in [0.05, 0.1) is 12.6 Å². The maximum atomic E-state index is 13.5. The van der Waals surface area contributed by atoms with Gasteiger partial charge in [-0.2, -0.15) is 0 Å². The second kappa shape index (κ2) is 14.8. The third-order valence-electron chi connectivity index (χ3n) is 4.78. The summed E-state index contributed by atoms with van der Waals surface area (Å²) in [5, 5.41) is 19.2. The molecule has 0 bridgehead atoms. The molecule has 36 heavy (non-hydrogen) atoms. The summed E-state index contributed by atoms with van der Waals surface area (Å²) in [7, 11) is 0. The number of nitrogens with one attached hydrogen (secondary N) is 2. The molecule has 3 amide bonds. The van der Waals surface area contributed by atoms with Crippen molar-refractivity contribution in [2.45, 2.75) is 42.6 Å². The first-order chi connectivity index (χ1) is 17.2. The van der Waals surface area contributed by atoms with Crippen LogP contribution in [0.3, 0.4) is 0 Å². The number of anilines is 1. The van der Waals surface area contributed by atoms with Crippen LogP contribution in [0.5, 0.6) is 0 Å². The normalized spacial score (nSPS) is 23.0. The van der Waals surface area contributed by atoms with Crippen LogP contribution in [0.4, 0.5) is 19.7 Å². The Morgan fingerprint density at radius 2 is 2.17 bits per heavy atom. The summed E-state index contributed by atoms with van der Waals surface area (Å²) in [4.78, 5) is 38.6. The quantitative estimate of drug-likeness (QED) is 0.105. The van der Waals surface area contributed by atoms with Gasteiger partial charge in [-0.25, -0.2) is 14.0 Å². The lowest BCUT2D eigenvalue weighted by atomic mass is 9.97. The van der Waals surface area contributed by atoms with Gasteiger partial charge >= 0.3 is 12.2 Å². The molecule has 1 heterocycles. The molecule has 0 unspecified atom stereocenters. The molecule has 0 radical (unpaired) electrons. The molecule has 1 fully saturated rings. The van der Waals surface area contributed by atoms with Crippen LogP contribution in [0.15, 0.2) is 42.0 Å². The number of hydrogen-bond donors (Lipinski definition) is 4. The number of primary amides is 1. The molecule has 1 saturated heterocycles. The zero-order chi connectivity index (χ0) is 26.5. The summed E-state index contributed by atoms with van der Waals surface area (Å²) in [5.41, 5.74) is 13.0. The Labute approximate surface area is 210 Å². The lowest BCUT2D eigenvalue weighted by molar-refractivity contribution is -0.154. The van der Waals surface area contributed by atoms with Crippen molar-refractivity contribution >= 4 is 35.5 Å². The molecule has 196 valence electrons. The minimum atomic E-state index is -1.53. The van der Waals surface area contributed by atoms with Crippen LogP contribution in [0, 0.1) is 5.82 Å². The zero-order valence-corrected chi connectivity index (χ0v) is 19.9. The molecule has 5 atom stereocenters. The van der Waals surface area contributed by atoms with Crippen molar-refractivity contribution < 1.29 is 38.1 Å². The van der Waals surface area contributed by atoms with E-state index >= 15 is 0 Å². The molecule has 1 aliphatic heterocycles. The van der Waals surface area contributed by atoms with E-state index in [1.807, 2.05) is 0 Å². The van der Waals surface area contributed by atoms with Gasteiger partial charge in [-0.15, -0.1) is 11.8 Å². The number of carbonyl (C=O) groups excluding carboxylic acids is 3. The molecule has 0 spiro atoms. The summed E-state index contributed by atoms with van der Waals surface area (Å²) < 4.78 is 29.7. The maximum Gasteiger partial charge on any atom is 0.412 e. The van der Waals surface area contributed by atoms with Crippen molar-refractivity contribution in [3.05, 3.63) is 53.2 Å². The SMILES string of the molecule is C=CCOC(=O)N[C@@H]1[C@@H](OC(=O)Nc2cccc(F)c2)[C@@H](O)[C@@H](CN=[N+]=[N-])O[C@@H]1SCCCC(N)=O. The number of carbonyl (C=O) groups is 3. The number of nitrogens with zero attached hydrogens (tertiary/aromatic N) is 3. The number of ether oxygens (including phenoxy) is 3.